The van der Waals surface area contributed by atoms with Crippen molar-refractivity contribution in [2.45, 2.75) is 25.0 Å². The molecule has 1 atom stereocenters. The van der Waals surface area contributed by atoms with Gasteiger partial charge in [-0.3, -0.25) is 5.10 Å². The Labute approximate surface area is 105 Å². The topological polar surface area (TPSA) is 67.6 Å². The van der Waals surface area contributed by atoms with Crippen molar-refractivity contribution >= 4 is 11.8 Å². The monoisotopic (exact) mass is 248 g/mol. The van der Waals surface area contributed by atoms with Gasteiger partial charge in [-0.2, -0.15) is 5.10 Å². The Morgan fingerprint density at radius 2 is 2.18 bits per heavy atom. The molecule has 0 spiro atoms. The molecule has 0 aliphatic rings. The van der Waals surface area contributed by atoms with Crippen LogP contribution in [0.1, 0.15) is 22.7 Å². The molecule has 4 nitrogen and oxygen atoms in total. The van der Waals surface area contributed by atoms with Crippen molar-refractivity contribution in [2.24, 2.45) is 5.73 Å². The van der Waals surface area contributed by atoms with E-state index in [-0.39, 0.29) is 6.04 Å². The van der Waals surface area contributed by atoms with Crippen LogP contribution in [0.3, 0.4) is 0 Å². The Hall–Kier alpha value is -1.33. The fourth-order valence-corrected chi connectivity index (χ4v) is 2.29. The zero-order valence-corrected chi connectivity index (χ0v) is 10.8. The second kappa shape index (κ2) is 5.33. The van der Waals surface area contributed by atoms with E-state index in [0.29, 0.717) is 0 Å². The molecule has 1 aromatic heterocycles. The number of H-pyrrole nitrogens is 1. The van der Waals surface area contributed by atoms with Gasteiger partial charge in [0.2, 0.25) is 0 Å². The highest BCUT2D eigenvalue weighted by Gasteiger charge is 2.08. The lowest BCUT2D eigenvalue weighted by atomic mass is 10.0. The molecule has 5 heteroatoms. The van der Waals surface area contributed by atoms with Gasteiger partial charge in [0, 0.05) is 11.8 Å². The number of aryl methyl sites for hydroxylation is 2. The minimum Gasteiger partial charge on any atom is -0.323 e. The van der Waals surface area contributed by atoms with Crippen LogP contribution in [0.25, 0.3) is 0 Å². The number of nitrogens with two attached hydrogens (primary N) is 1. The van der Waals surface area contributed by atoms with Gasteiger partial charge in [-0.25, -0.2) is 4.98 Å². The lowest BCUT2D eigenvalue weighted by Gasteiger charge is -2.12. The van der Waals surface area contributed by atoms with Gasteiger partial charge in [0.15, 0.2) is 5.16 Å². The second-order valence-electron chi connectivity index (χ2n) is 4.05. The average molecular weight is 248 g/mol. The number of aromatic amines is 1. The molecule has 17 heavy (non-hydrogen) atoms. The van der Waals surface area contributed by atoms with E-state index >= 15 is 0 Å². The van der Waals surface area contributed by atoms with Crippen LogP contribution in [-0.4, -0.2) is 20.9 Å². The number of nitrogens with zero attached hydrogens (tertiary/aromatic N) is 2. The number of hydrogen-bond acceptors (Lipinski definition) is 4. The smallest absolute Gasteiger partial charge is 0.183 e. The van der Waals surface area contributed by atoms with E-state index in [4.69, 9.17) is 5.73 Å². The van der Waals surface area contributed by atoms with Gasteiger partial charge < -0.3 is 5.73 Å². The second-order valence-corrected chi connectivity index (χ2v) is 5.06. The van der Waals surface area contributed by atoms with Crippen LogP contribution in [0.2, 0.25) is 0 Å². The largest absolute Gasteiger partial charge is 0.323 e. The molecular formula is C12H16N4S. The molecule has 1 unspecified atom stereocenters. The van der Waals surface area contributed by atoms with Crippen LogP contribution in [0, 0.1) is 13.8 Å². The van der Waals surface area contributed by atoms with Crippen LogP contribution in [0.5, 0.6) is 0 Å². The zero-order chi connectivity index (χ0) is 12.3. The van der Waals surface area contributed by atoms with E-state index in [1.165, 1.54) is 23.0 Å². The van der Waals surface area contributed by atoms with E-state index in [2.05, 4.69) is 47.2 Å². The van der Waals surface area contributed by atoms with Gasteiger partial charge >= 0.3 is 0 Å². The Kier molecular flexibility index (Phi) is 3.81. The molecule has 0 radical (unpaired) electrons. The molecular weight excluding hydrogens is 232 g/mol. The molecule has 3 N–H and O–H groups in total. The predicted octanol–water partition coefficient (Wildman–Crippen LogP) is 2.21. The molecule has 0 saturated carbocycles. The molecule has 0 amide bonds. The third kappa shape index (κ3) is 3.08. The molecule has 2 rings (SSSR count). The van der Waals surface area contributed by atoms with E-state index in [1.54, 1.807) is 11.8 Å². The predicted molar refractivity (Wildman–Crippen MR) is 70.0 cm³/mol. The van der Waals surface area contributed by atoms with Crippen LogP contribution in [0.15, 0.2) is 29.7 Å². The molecule has 2 aromatic rings. The van der Waals surface area contributed by atoms with Crippen molar-refractivity contribution in [3.05, 3.63) is 41.2 Å². The van der Waals surface area contributed by atoms with Crippen molar-refractivity contribution in [3.63, 3.8) is 0 Å². The fourth-order valence-electron chi connectivity index (χ4n) is 1.52. The summed E-state index contributed by atoms with van der Waals surface area (Å²) in [7, 11) is 0. The standard InChI is InChI=1S/C12H16N4S/c1-8-3-4-10(5-9(8)2)11(13)6-17-12-14-7-15-16-12/h3-5,7,11H,6,13H2,1-2H3,(H,14,15,16). The van der Waals surface area contributed by atoms with Gasteiger partial charge in [0.25, 0.3) is 0 Å². The Bertz CT molecular complexity index is 481. The Balaban J connectivity index is 1.99. The quantitative estimate of drug-likeness (QED) is 0.814. The van der Waals surface area contributed by atoms with E-state index in [9.17, 15) is 0 Å². The number of rotatable bonds is 4. The number of aromatic nitrogens is 3. The van der Waals surface area contributed by atoms with Crippen molar-refractivity contribution in [1.29, 1.82) is 0 Å². The highest BCUT2D eigenvalue weighted by Crippen LogP contribution is 2.21. The van der Waals surface area contributed by atoms with Crippen LogP contribution in [-0.2, 0) is 0 Å². The van der Waals surface area contributed by atoms with E-state index in [0.717, 1.165) is 10.9 Å². The number of nitrogens with one attached hydrogen (secondary N) is 1. The van der Waals surface area contributed by atoms with Crippen molar-refractivity contribution in [2.75, 3.05) is 5.75 Å². The zero-order valence-electron chi connectivity index (χ0n) is 9.97. The first-order valence-electron chi connectivity index (χ1n) is 5.47. The van der Waals surface area contributed by atoms with E-state index in [1.807, 2.05) is 0 Å². The maximum atomic E-state index is 6.15. The maximum Gasteiger partial charge on any atom is 0.183 e. The first kappa shape index (κ1) is 12.1. The van der Waals surface area contributed by atoms with Crippen molar-refractivity contribution in [1.82, 2.24) is 15.2 Å². The van der Waals surface area contributed by atoms with Crippen LogP contribution >= 0.6 is 11.8 Å². The summed E-state index contributed by atoms with van der Waals surface area (Å²) >= 11 is 1.59. The molecule has 1 aromatic carbocycles. The minimum atomic E-state index is 0.0180. The fraction of sp³-hybridized carbons (Fsp3) is 0.333. The molecule has 0 aliphatic heterocycles. The summed E-state index contributed by atoms with van der Waals surface area (Å²) in [5.41, 5.74) is 9.89. The lowest BCUT2D eigenvalue weighted by Crippen LogP contribution is -2.13. The molecule has 0 bridgehead atoms. The summed E-state index contributed by atoms with van der Waals surface area (Å²) in [5.74, 6) is 0.789. The summed E-state index contributed by atoms with van der Waals surface area (Å²) < 4.78 is 0. The number of benzene rings is 1. The minimum absolute atomic E-state index is 0.0180. The van der Waals surface area contributed by atoms with Gasteiger partial charge in [-0.05, 0) is 30.5 Å². The van der Waals surface area contributed by atoms with E-state index < -0.39 is 0 Å². The molecule has 0 aliphatic carbocycles. The number of thioether (sulfide) groups is 1. The third-order valence-corrected chi connectivity index (χ3v) is 3.75. The summed E-state index contributed by atoms with van der Waals surface area (Å²) in [6.45, 7) is 4.21. The molecule has 0 saturated heterocycles. The van der Waals surface area contributed by atoms with Crippen molar-refractivity contribution in [3.8, 4) is 0 Å². The molecule has 1 heterocycles. The molecule has 0 fully saturated rings. The third-order valence-electron chi connectivity index (χ3n) is 2.75. The van der Waals surface area contributed by atoms with Gasteiger partial charge in [0.05, 0.1) is 0 Å². The first-order chi connectivity index (χ1) is 8.16. The van der Waals surface area contributed by atoms with Crippen LogP contribution < -0.4 is 5.73 Å². The first-order valence-corrected chi connectivity index (χ1v) is 6.46. The van der Waals surface area contributed by atoms with Crippen LogP contribution in [0.4, 0.5) is 0 Å². The lowest BCUT2D eigenvalue weighted by molar-refractivity contribution is 0.825. The van der Waals surface area contributed by atoms with Gasteiger partial charge in [-0.15, -0.1) is 0 Å². The van der Waals surface area contributed by atoms with Gasteiger partial charge in [0.1, 0.15) is 6.33 Å². The average Bonchev–Trinajstić information content (AvgIpc) is 2.82. The van der Waals surface area contributed by atoms with Gasteiger partial charge in [-0.1, -0.05) is 30.0 Å². The Morgan fingerprint density at radius 1 is 1.35 bits per heavy atom. The SMILES string of the molecule is Cc1ccc(C(N)CSc2ncn[nH]2)cc1C. The molecule has 90 valence electrons. The van der Waals surface area contributed by atoms with Crippen molar-refractivity contribution < 1.29 is 0 Å². The highest BCUT2D eigenvalue weighted by atomic mass is 32.2. The summed E-state index contributed by atoms with van der Waals surface area (Å²) in [5, 5.41) is 7.42. The summed E-state index contributed by atoms with van der Waals surface area (Å²) in [6, 6.07) is 6.38. The summed E-state index contributed by atoms with van der Waals surface area (Å²) in [6.07, 6.45) is 1.50. The summed E-state index contributed by atoms with van der Waals surface area (Å²) in [4.78, 5) is 4.05. The normalized spacial score (nSPS) is 12.6. The number of hydrogen-bond donors (Lipinski definition) is 2. The maximum absolute atomic E-state index is 6.15. The highest BCUT2D eigenvalue weighted by molar-refractivity contribution is 7.99. The Morgan fingerprint density at radius 3 is 2.82 bits per heavy atom.